The van der Waals surface area contributed by atoms with E-state index in [1.807, 2.05) is 0 Å². The van der Waals surface area contributed by atoms with E-state index < -0.39 is 42.0 Å². The third-order valence-electron chi connectivity index (χ3n) is 2.40. The van der Waals surface area contributed by atoms with E-state index in [1.54, 1.807) is 0 Å². The normalized spacial score (nSPS) is 15.5. The number of halogens is 13. The molecule has 0 bridgehead atoms. The second-order valence-corrected chi connectivity index (χ2v) is 3.69. The van der Waals surface area contributed by atoms with Gasteiger partial charge in [-0.1, -0.05) is 0 Å². The van der Waals surface area contributed by atoms with Gasteiger partial charge in [-0.05, 0) is 0 Å². The lowest BCUT2D eigenvalue weighted by atomic mass is 9.74. The maximum absolute atomic E-state index is 12.9. The van der Waals surface area contributed by atoms with E-state index in [4.69, 9.17) is 5.53 Å². The molecule has 0 saturated carbocycles. The standard InChI is InChI=1S/C7HF13N2/c8-3(9,6(15,16)17)2(1-22-21,5(12,13)14)4(10,11)7(18,19)20/h1H. The molecule has 2 nitrogen and oxygen atoms in total. The monoisotopic (exact) mass is 360 g/mol. The highest BCUT2D eigenvalue weighted by Gasteiger charge is 2.95. The smallest absolute Gasteiger partial charge is 0.362 e. The van der Waals surface area contributed by atoms with Gasteiger partial charge in [0.05, 0.1) is 0 Å². The first-order valence-electron chi connectivity index (χ1n) is 4.45. The largest absolute Gasteiger partial charge is 0.455 e. The Bertz CT molecular complexity index is 434. The van der Waals surface area contributed by atoms with Crippen LogP contribution in [0.2, 0.25) is 0 Å². The van der Waals surface area contributed by atoms with Crippen LogP contribution < -0.4 is 0 Å². The predicted molar refractivity (Wildman–Crippen MR) is 40.2 cm³/mol. The molecule has 0 aromatic carbocycles. The topological polar surface area (TPSA) is 36.4 Å². The molecule has 0 aliphatic heterocycles. The van der Waals surface area contributed by atoms with Crippen molar-refractivity contribution in [1.29, 1.82) is 0 Å². The summed E-state index contributed by atoms with van der Waals surface area (Å²) in [5, 5.41) is 0. The number of hydrogen-bond donors (Lipinski definition) is 0. The van der Waals surface area contributed by atoms with Gasteiger partial charge in [-0.3, -0.25) is 0 Å². The minimum absolute atomic E-state index is 0.929. The van der Waals surface area contributed by atoms with Crippen molar-refractivity contribution < 1.29 is 61.9 Å². The van der Waals surface area contributed by atoms with Gasteiger partial charge >= 0.3 is 35.8 Å². The van der Waals surface area contributed by atoms with E-state index in [0.717, 1.165) is 4.79 Å². The van der Waals surface area contributed by atoms with Crippen molar-refractivity contribution in [3.63, 3.8) is 0 Å². The summed E-state index contributed by atoms with van der Waals surface area (Å²) in [5.74, 6) is -15.4. The predicted octanol–water partition coefficient (Wildman–Crippen LogP) is 4.23. The van der Waals surface area contributed by atoms with E-state index in [9.17, 15) is 57.1 Å². The molecule has 0 aromatic heterocycles. The molecule has 0 unspecified atom stereocenters. The molecule has 0 aliphatic carbocycles. The molecule has 0 atom stereocenters. The van der Waals surface area contributed by atoms with Gasteiger partial charge in [0.1, 0.15) is 0 Å². The van der Waals surface area contributed by atoms with Gasteiger partial charge in [-0.15, -0.1) is 0 Å². The van der Waals surface area contributed by atoms with Gasteiger partial charge in [-0.25, -0.2) is 0 Å². The molecule has 0 N–H and O–H groups in total. The van der Waals surface area contributed by atoms with Gasteiger partial charge in [0.25, 0.3) is 6.21 Å². The fraction of sp³-hybridized carbons (Fsp3) is 0.857. The first kappa shape index (κ1) is 20.5. The highest BCUT2D eigenvalue weighted by atomic mass is 19.4. The van der Waals surface area contributed by atoms with Crippen LogP contribution in [-0.2, 0) is 0 Å². The average Bonchev–Trinajstić information content (AvgIpc) is 2.19. The Balaban J connectivity index is 7.07. The third kappa shape index (κ3) is 2.50. The molecule has 0 aliphatic rings. The molecule has 0 spiro atoms. The molecule has 130 valence electrons. The van der Waals surface area contributed by atoms with Crippen LogP contribution in [0.15, 0.2) is 0 Å². The third-order valence-corrected chi connectivity index (χ3v) is 2.40. The van der Waals surface area contributed by atoms with Gasteiger partial charge in [0.15, 0.2) is 0 Å². The Kier molecular flexibility index (Phi) is 4.65. The molecule has 0 amide bonds. The zero-order valence-corrected chi connectivity index (χ0v) is 9.39. The summed E-state index contributed by atoms with van der Waals surface area (Å²) in [6.07, 6.45) is -24.7. The molecule has 0 fully saturated rings. The average molecular weight is 360 g/mol. The van der Waals surface area contributed by atoms with Crippen LogP contribution in [0.1, 0.15) is 0 Å². The molecule has 0 heterocycles. The minimum Gasteiger partial charge on any atom is -0.362 e. The summed E-state index contributed by atoms with van der Waals surface area (Å²) < 4.78 is 161. The van der Waals surface area contributed by atoms with Gasteiger partial charge in [0.2, 0.25) is 0 Å². The number of nitrogens with zero attached hydrogens (tertiary/aromatic N) is 2. The maximum atomic E-state index is 12.9. The maximum Gasteiger partial charge on any atom is 0.455 e. The fourth-order valence-electron chi connectivity index (χ4n) is 1.32. The van der Waals surface area contributed by atoms with Crippen LogP contribution in [0.3, 0.4) is 0 Å². The van der Waals surface area contributed by atoms with Crippen molar-refractivity contribution in [3.05, 3.63) is 5.53 Å². The van der Waals surface area contributed by atoms with Gasteiger partial charge < -0.3 is 5.53 Å². The van der Waals surface area contributed by atoms with Crippen molar-refractivity contribution in [2.24, 2.45) is 5.41 Å². The quantitative estimate of drug-likeness (QED) is 0.313. The first-order chi connectivity index (χ1) is 9.31. The number of alkyl halides is 13. The molecular weight excluding hydrogens is 359 g/mol. The lowest BCUT2D eigenvalue weighted by Crippen LogP contribution is -2.72. The fourth-order valence-corrected chi connectivity index (χ4v) is 1.32. The van der Waals surface area contributed by atoms with Crippen molar-refractivity contribution in [2.75, 3.05) is 0 Å². The van der Waals surface area contributed by atoms with E-state index in [-0.39, 0.29) is 0 Å². The summed E-state index contributed by atoms with van der Waals surface area (Å²) in [4.78, 5) is 0.929. The molecular formula is C7HF13N2. The molecule has 15 heteroatoms. The minimum atomic E-state index is -7.68. The Morgan fingerprint density at radius 3 is 0.955 bits per heavy atom. The zero-order chi connectivity index (χ0) is 18.4. The Morgan fingerprint density at radius 1 is 0.545 bits per heavy atom. The van der Waals surface area contributed by atoms with E-state index in [2.05, 4.69) is 0 Å². The second-order valence-electron chi connectivity index (χ2n) is 3.69. The van der Waals surface area contributed by atoms with E-state index >= 15 is 0 Å². The lowest BCUT2D eigenvalue weighted by molar-refractivity contribution is -0.442. The zero-order valence-electron chi connectivity index (χ0n) is 9.39. The van der Waals surface area contributed by atoms with Crippen LogP contribution >= 0.6 is 0 Å². The molecule has 22 heavy (non-hydrogen) atoms. The first-order valence-corrected chi connectivity index (χ1v) is 4.45. The van der Waals surface area contributed by atoms with Crippen molar-refractivity contribution in [3.8, 4) is 0 Å². The van der Waals surface area contributed by atoms with Gasteiger partial charge in [-0.2, -0.15) is 61.9 Å². The summed E-state index contributed by atoms with van der Waals surface area (Å²) in [6, 6.07) is 0. The molecule has 0 rings (SSSR count). The molecule has 0 radical (unpaired) electrons. The van der Waals surface area contributed by atoms with Crippen LogP contribution in [0.4, 0.5) is 57.1 Å². The van der Waals surface area contributed by atoms with E-state index in [1.165, 1.54) is 0 Å². The van der Waals surface area contributed by atoms with Crippen LogP contribution in [0, 0.1) is 5.41 Å². The number of hydrogen-bond acceptors (Lipinski definition) is 0. The Labute approximate surface area is 111 Å². The molecule has 0 saturated heterocycles. The summed E-state index contributed by atoms with van der Waals surface area (Å²) in [6.45, 7) is 0. The van der Waals surface area contributed by atoms with Crippen molar-refractivity contribution in [1.82, 2.24) is 0 Å². The summed E-state index contributed by atoms with van der Waals surface area (Å²) in [5.41, 5.74) is 0.481. The van der Waals surface area contributed by atoms with Crippen LogP contribution in [-0.4, -0.2) is 41.4 Å². The SMILES string of the molecule is [N-]=[N+]=CC(C(F)(F)F)(C(F)(F)C(F)(F)F)C(F)(F)C(F)(F)F. The second kappa shape index (κ2) is 4.99. The van der Waals surface area contributed by atoms with Crippen LogP contribution in [0.25, 0.3) is 5.53 Å². The highest BCUT2D eigenvalue weighted by Crippen LogP contribution is 2.64. The van der Waals surface area contributed by atoms with E-state index in [0.29, 0.717) is 0 Å². The van der Waals surface area contributed by atoms with Crippen molar-refractivity contribution >= 4 is 6.21 Å². The molecule has 0 aromatic rings. The van der Waals surface area contributed by atoms with Gasteiger partial charge in [0, 0.05) is 0 Å². The summed E-state index contributed by atoms with van der Waals surface area (Å²) >= 11 is 0. The van der Waals surface area contributed by atoms with Crippen molar-refractivity contribution in [2.45, 2.75) is 30.4 Å². The lowest BCUT2D eigenvalue weighted by Gasteiger charge is -2.41. The van der Waals surface area contributed by atoms with Crippen LogP contribution in [0.5, 0.6) is 0 Å². The Morgan fingerprint density at radius 2 is 0.818 bits per heavy atom. The Hall–Kier alpha value is -1.53. The summed E-state index contributed by atoms with van der Waals surface area (Å²) in [7, 11) is 0. The highest BCUT2D eigenvalue weighted by molar-refractivity contribution is 5.66. The number of rotatable bonds is 3.